The summed E-state index contributed by atoms with van der Waals surface area (Å²) >= 11 is 0. The molecule has 0 spiro atoms. The van der Waals surface area contributed by atoms with Gasteiger partial charge in [-0.1, -0.05) is 31.5 Å². The number of ether oxygens (including phenoxy) is 2. The van der Waals surface area contributed by atoms with Gasteiger partial charge in [0.1, 0.15) is 5.75 Å². The molecule has 1 aliphatic rings. The largest absolute Gasteiger partial charge is 0.496 e. The number of aromatic nitrogens is 3. The zero-order valence-electron chi connectivity index (χ0n) is 16.8. The molecule has 27 heavy (non-hydrogen) atoms. The molecule has 1 N–H and O–H groups in total. The van der Waals surface area contributed by atoms with Crippen molar-refractivity contribution in [3.05, 3.63) is 40.7 Å². The maximum atomic E-state index is 5.69. The molecule has 0 unspecified atom stereocenters. The van der Waals surface area contributed by atoms with Gasteiger partial charge in [0.05, 0.1) is 18.5 Å². The number of nitrogens with one attached hydrogen (secondary N) is 1. The first-order valence-electron chi connectivity index (χ1n) is 9.81. The molecule has 1 aromatic heterocycles. The molecular formula is C21H30N4O2. The van der Waals surface area contributed by atoms with Crippen molar-refractivity contribution in [2.24, 2.45) is 0 Å². The van der Waals surface area contributed by atoms with E-state index in [4.69, 9.17) is 9.47 Å². The van der Waals surface area contributed by atoms with Gasteiger partial charge in [0.2, 0.25) is 5.95 Å². The zero-order chi connectivity index (χ0) is 19.3. The van der Waals surface area contributed by atoms with Crippen LogP contribution in [0.25, 0.3) is 0 Å². The summed E-state index contributed by atoms with van der Waals surface area (Å²) in [5.74, 6) is 1.53. The Morgan fingerprint density at radius 3 is 2.52 bits per heavy atom. The van der Waals surface area contributed by atoms with Crippen molar-refractivity contribution < 1.29 is 9.47 Å². The Morgan fingerprint density at radius 1 is 1.11 bits per heavy atom. The smallest absolute Gasteiger partial charge is 0.243 e. The number of methoxy groups -OCH3 is 1. The van der Waals surface area contributed by atoms with Crippen LogP contribution >= 0.6 is 0 Å². The summed E-state index contributed by atoms with van der Waals surface area (Å²) in [4.78, 5) is 4.68. The Hall–Kier alpha value is -2.21. The minimum absolute atomic E-state index is 0.0746. The minimum atomic E-state index is -0.0746. The van der Waals surface area contributed by atoms with Crippen LogP contribution in [0.3, 0.4) is 0 Å². The summed E-state index contributed by atoms with van der Waals surface area (Å²) in [5.41, 5.74) is 4.38. The normalized spacial score (nSPS) is 16.1. The number of hydrogen-bond acceptors (Lipinski definition) is 6. The molecule has 0 saturated carbocycles. The van der Waals surface area contributed by atoms with Crippen molar-refractivity contribution in [3.63, 3.8) is 0 Å². The van der Waals surface area contributed by atoms with E-state index in [0.29, 0.717) is 5.95 Å². The van der Waals surface area contributed by atoms with E-state index in [-0.39, 0.29) is 5.41 Å². The highest BCUT2D eigenvalue weighted by Gasteiger charge is 2.37. The third-order valence-electron chi connectivity index (χ3n) is 5.47. The van der Waals surface area contributed by atoms with Crippen molar-refractivity contribution in [3.8, 4) is 5.75 Å². The van der Waals surface area contributed by atoms with E-state index in [9.17, 15) is 0 Å². The lowest BCUT2D eigenvalue weighted by molar-refractivity contribution is 0.0535. The first kappa shape index (κ1) is 19.5. The highest BCUT2D eigenvalue weighted by Crippen LogP contribution is 2.40. The monoisotopic (exact) mass is 370 g/mol. The highest BCUT2D eigenvalue weighted by molar-refractivity contribution is 5.44. The molecule has 2 heterocycles. The summed E-state index contributed by atoms with van der Waals surface area (Å²) in [6, 6.07) is 6.39. The maximum absolute atomic E-state index is 5.69. The van der Waals surface area contributed by atoms with Gasteiger partial charge in [0.15, 0.2) is 0 Å². The van der Waals surface area contributed by atoms with Crippen LogP contribution in [0.2, 0.25) is 0 Å². The molecule has 6 nitrogen and oxygen atoms in total. The second kappa shape index (κ2) is 8.65. The second-order valence-electron chi connectivity index (χ2n) is 7.19. The van der Waals surface area contributed by atoms with Gasteiger partial charge in [-0.15, -0.1) is 5.10 Å². The number of benzene rings is 1. The highest BCUT2D eigenvalue weighted by atomic mass is 16.5. The Labute approximate surface area is 161 Å². The molecule has 1 saturated heterocycles. The van der Waals surface area contributed by atoms with Gasteiger partial charge >= 0.3 is 0 Å². The summed E-state index contributed by atoms with van der Waals surface area (Å²) < 4.78 is 11.3. The van der Waals surface area contributed by atoms with Crippen LogP contribution in [-0.2, 0) is 23.0 Å². The first-order valence-corrected chi connectivity index (χ1v) is 9.81. The van der Waals surface area contributed by atoms with E-state index in [2.05, 4.69) is 59.5 Å². The molecule has 0 atom stereocenters. The van der Waals surface area contributed by atoms with Crippen LogP contribution in [0.5, 0.6) is 5.75 Å². The van der Waals surface area contributed by atoms with Gasteiger partial charge in [-0.2, -0.15) is 5.10 Å². The molecule has 0 radical (unpaired) electrons. The van der Waals surface area contributed by atoms with E-state index in [0.717, 1.165) is 62.6 Å². The Balaban J connectivity index is 1.89. The summed E-state index contributed by atoms with van der Waals surface area (Å²) in [6.07, 6.45) is 3.57. The fourth-order valence-corrected chi connectivity index (χ4v) is 3.80. The van der Waals surface area contributed by atoms with Crippen molar-refractivity contribution in [1.29, 1.82) is 0 Å². The molecule has 6 heteroatoms. The second-order valence-corrected chi connectivity index (χ2v) is 7.19. The molecule has 2 aromatic rings. The van der Waals surface area contributed by atoms with Gasteiger partial charge in [0, 0.05) is 30.7 Å². The number of rotatable bonds is 7. The fourth-order valence-electron chi connectivity index (χ4n) is 3.80. The molecule has 0 aliphatic carbocycles. The van der Waals surface area contributed by atoms with Crippen molar-refractivity contribution in [2.75, 3.05) is 32.2 Å². The molecular weight excluding hydrogens is 340 g/mol. The van der Waals surface area contributed by atoms with Gasteiger partial charge < -0.3 is 14.8 Å². The van der Waals surface area contributed by atoms with Crippen molar-refractivity contribution in [1.82, 2.24) is 15.2 Å². The quantitative estimate of drug-likeness (QED) is 0.805. The topological polar surface area (TPSA) is 69.2 Å². The van der Waals surface area contributed by atoms with Crippen LogP contribution in [0, 0.1) is 6.92 Å². The summed E-state index contributed by atoms with van der Waals surface area (Å²) in [5, 5.41) is 12.1. The lowest BCUT2D eigenvalue weighted by atomic mass is 9.73. The molecule has 1 fully saturated rings. The summed E-state index contributed by atoms with van der Waals surface area (Å²) in [6.45, 7) is 8.52. The van der Waals surface area contributed by atoms with Gasteiger partial charge in [-0.25, -0.2) is 4.98 Å². The van der Waals surface area contributed by atoms with E-state index in [1.807, 2.05) is 0 Å². The summed E-state index contributed by atoms with van der Waals surface area (Å²) in [7, 11) is 1.73. The zero-order valence-corrected chi connectivity index (χ0v) is 16.8. The first-order chi connectivity index (χ1) is 13.1. The average Bonchev–Trinajstić information content (AvgIpc) is 2.72. The van der Waals surface area contributed by atoms with Gasteiger partial charge in [-0.3, -0.25) is 0 Å². The predicted octanol–water partition coefficient (Wildman–Crippen LogP) is 3.47. The molecule has 146 valence electrons. The number of nitrogens with zero attached hydrogens (tertiary/aromatic N) is 3. The average molecular weight is 370 g/mol. The minimum Gasteiger partial charge on any atom is -0.496 e. The lowest BCUT2D eigenvalue weighted by Gasteiger charge is -2.38. The van der Waals surface area contributed by atoms with Crippen LogP contribution < -0.4 is 10.1 Å². The lowest BCUT2D eigenvalue weighted by Crippen LogP contribution is -2.40. The van der Waals surface area contributed by atoms with E-state index < -0.39 is 0 Å². The SMILES string of the molecule is CCc1nnc(NCC2(c3cc(C)ccc3OC)CCOCC2)nc1CC. The van der Waals surface area contributed by atoms with Crippen LogP contribution in [0.15, 0.2) is 18.2 Å². The Kier molecular flexibility index (Phi) is 6.26. The molecule has 3 rings (SSSR count). The van der Waals surface area contributed by atoms with Gasteiger partial charge in [0.25, 0.3) is 0 Å². The third-order valence-corrected chi connectivity index (χ3v) is 5.47. The van der Waals surface area contributed by atoms with E-state index in [1.165, 1.54) is 11.1 Å². The number of aryl methyl sites for hydroxylation is 3. The molecule has 0 amide bonds. The molecule has 1 aromatic carbocycles. The van der Waals surface area contributed by atoms with Crippen LogP contribution in [0.4, 0.5) is 5.95 Å². The fraction of sp³-hybridized carbons (Fsp3) is 0.571. The van der Waals surface area contributed by atoms with Crippen molar-refractivity contribution in [2.45, 2.75) is 51.9 Å². The third kappa shape index (κ3) is 4.21. The Morgan fingerprint density at radius 2 is 1.85 bits per heavy atom. The van der Waals surface area contributed by atoms with Crippen LogP contribution in [-0.4, -0.2) is 42.0 Å². The van der Waals surface area contributed by atoms with Gasteiger partial charge in [-0.05, 0) is 38.7 Å². The number of anilines is 1. The van der Waals surface area contributed by atoms with Crippen LogP contribution in [0.1, 0.15) is 49.2 Å². The molecule has 0 bridgehead atoms. The standard InChI is InChI=1S/C21H30N4O2/c1-5-17-18(6-2)24-25-20(23-17)22-14-21(9-11-27-12-10-21)16-13-15(3)7-8-19(16)26-4/h7-8,13H,5-6,9-12,14H2,1-4H3,(H,22,23,25). The predicted molar refractivity (Wildman–Crippen MR) is 107 cm³/mol. The van der Waals surface area contributed by atoms with Crippen molar-refractivity contribution >= 4 is 5.95 Å². The van der Waals surface area contributed by atoms with E-state index in [1.54, 1.807) is 7.11 Å². The Bertz CT molecular complexity index is 773. The molecule has 1 aliphatic heterocycles. The van der Waals surface area contributed by atoms with E-state index >= 15 is 0 Å². The maximum Gasteiger partial charge on any atom is 0.243 e. The number of hydrogen-bond donors (Lipinski definition) is 1.